The molecule has 0 bridgehead atoms. The Morgan fingerprint density at radius 1 is 0.968 bits per heavy atom. The summed E-state index contributed by atoms with van der Waals surface area (Å²) in [6.45, 7) is 1.15. The number of halogens is 1. The topological polar surface area (TPSA) is 40.6 Å². The highest BCUT2D eigenvalue weighted by Gasteiger charge is 2.33. The van der Waals surface area contributed by atoms with E-state index in [2.05, 4.69) is 0 Å². The van der Waals surface area contributed by atoms with Crippen LogP contribution in [0.2, 0.25) is 0 Å². The van der Waals surface area contributed by atoms with E-state index in [4.69, 9.17) is 0 Å². The Balaban J connectivity index is 1.49. The third-order valence-electron chi connectivity index (χ3n) is 5.90. The van der Waals surface area contributed by atoms with Gasteiger partial charge in [0.05, 0.1) is 10.9 Å². The lowest BCUT2D eigenvalue weighted by Gasteiger charge is -2.36. The van der Waals surface area contributed by atoms with E-state index in [1.54, 1.807) is 17.0 Å². The first-order chi connectivity index (χ1) is 15.0. The van der Waals surface area contributed by atoms with Gasteiger partial charge >= 0.3 is 0 Å². The number of thiophene rings is 1. The van der Waals surface area contributed by atoms with Crippen molar-refractivity contribution in [1.82, 2.24) is 9.80 Å². The number of hydrogen-bond donors (Lipinski definition) is 0. The van der Waals surface area contributed by atoms with E-state index in [9.17, 15) is 14.0 Å². The van der Waals surface area contributed by atoms with Crippen LogP contribution in [0.25, 0.3) is 0 Å². The minimum absolute atomic E-state index is 0.0442. The monoisotopic (exact) mass is 436 g/mol. The second-order valence-electron chi connectivity index (χ2n) is 7.86. The minimum Gasteiger partial charge on any atom is -0.338 e. The van der Waals surface area contributed by atoms with Gasteiger partial charge in [-0.05, 0) is 47.5 Å². The summed E-state index contributed by atoms with van der Waals surface area (Å²) >= 11 is 1.44. The molecule has 160 valence electrons. The fourth-order valence-electron chi connectivity index (χ4n) is 4.22. The molecule has 0 aliphatic carbocycles. The molecule has 4 rings (SSSR count). The molecular weight excluding hydrogens is 411 g/mol. The number of nitrogens with zero attached hydrogens (tertiary/aromatic N) is 2. The van der Waals surface area contributed by atoms with Crippen LogP contribution in [-0.2, 0) is 4.79 Å². The van der Waals surface area contributed by atoms with Gasteiger partial charge in [-0.25, -0.2) is 4.39 Å². The predicted octanol–water partition coefficient (Wildman–Crippen LogP) is 4.99. The van der Waals surface area contributed by atoms with Crippen LogP contribution in [0.4, 0.5) is 4.39 Å². The summed E-state index contributed by atoms with van der Waals surface area (Å²) < 4.78 is 13.5. The molecule has 4 nitrogen and oxygen atoms in total. The van der Waals surface area contributed by atoms with Crippen LogP contribution in [0.3, 0.4) is 0 Å². The number of likely N-dealkylation sites (tertiary alicyclic amines) is 1. The van der Waals surface area contributed by atoms with E-state index < -0.39 is 0 Å². The summed E-state index contributed by atoms with van der Waals surface area (Å²) in [4.78, 5) is 30.3. The summed E-state index contributed by atoms with van der Waals surface area (Å²) in [7, 11) is 1.81. The van der Waals surface area contributed by atoms with Gasteiger partial charge in [0.1, 0.15) is 5.82 Å². The maximum atomic E-state index is 13.5. The van der Waals surface area contributed by atoms with Crippen LogP contribution < -0.4 is 0 Å². The van der Waals surface area contributed by atoms with E-state index in [1.165, 1.54) is 23.5 Å². The molecule has 1 fully saturated rings. The van der Waals surface area contributed by atoms with Crippen molar-refractivity contribution in [2.45, 2.75) is 18.9 Å². The largest absolute Gasteiger partial charge is 0.338 e. The highest BCUT2D eigenvalue weighted by Crippen LogP contribution is 2.31. The first-order valence-electron chi connectivity index (χ1n) is 10.4. The highest BCUT2D eigenvalue weighted by atomic mass is 32.1. The molecule has 0 radical (unpaired) electrons. The standard InChI is InChI=1S/C25H25FN2O2S/c1-27(23(18-6-3-2-4-7-18)19-9-11-21(26)12-10-19)24(29)20-13-15-28(16-14-20)25(30)22-8-5-17-31-22/h2-12,17,20,23H,13-16H2,1H3. The fourth-order valence-corrected chi connectivity index (χ4v) is 4.91. The molecule has 2 heterocycles. The lowest BCUT2D eigenvalue weighted by atomic mass is 9.92. The second-order valence-corrected chi connectivity index (χ2v) is 8.81. The lowest BCUT2D eigenvalue weighted by Crippen LogP contribution is -2.44. The molecule has 1 saturated heterocycles. The average Bonchev–Trinajstić information content (AvgIpc) is 3.35. The minimum atomic E-state index is -0.299. The van der Waals surface area contributed by atoms with E-state index >= 15 is 0 Å². The van der Waals surface area contributed by atoms with Gasteiger partial charge in [0, 0.05) is 26.1 Å². The van der Waals surface area contributed by atoms with Crippen molar-refractivity contribution < 1.29 is 14.0 Å². The van der Waals surface area contributed by atoms with E-state index in [0.717, 1.165) is 16.0 Å². The maximum absolute atomic E-state index is 13.5. The molecular formula is C25H25FN2O2S. The lowest BCUT2D eigenvalue weighted by molar-refractivity contribution is -0.137. The molecule has 2 aromatic carbocycles. The summed E-state index contributed by atoms with van der Waals surface area (Å²) in [5.74, 6) is -0.333. The molecule has 1 aliphatic heterocycles. The van der Waals surface area contributed by atoms with Crippen molar-refractivity contribution in [3.8, 4) is 0 Å². The third-order valence-corrected chi connectivity index (χ3v) is 6.76. The van der Waals surface area contributed by atoms with Crippen molar-refractivity contribution in [3.05, 3.63) is 93.9 Å². The zero-order valence-corrected chi connectivity index (χ0v) is 18.2. The number of hydrogen-bond acceptors (Lipinski definition) is 3. The first kappa shape index (κ1) is 21.2. The predicted molar refractivity (Wildman–Crippen MR) is 120 cm³/mol. The quantitative estimate of drug-likeness (QED) is 0.566. The Hall–Kier alpha value is -2.99. The van der Waals surface area contributed by atoms with Gasteiger partial charge < -0.3 is 9.80 Å². The van der Waals surface area contributed by atoms with Crippen molar-refractivity contribution in [3.63, 3.8) is 0 Å². The van der Waals surface area contributed by atoms with Gasteiger partial charge in [0.2, 0.25) is 5.91 Å². The van der Waals surface area contributed by atoms with Gasteiger partial charge in [0.25, 0.3) is 5.91 Å². The number of carbonyl (C=O) groups is 2. The summed E-state index contributed by atoms with van der Waals surface area (Å²) in [5.41, 5.74) is 1.85. The molecule has 1 aromatic heterocycles. The Labute approximate surface area is 185 Å². The van der Waals surface area contributed by atoms with Crippen molar-refractivity contribution in [1.29, 1.82) is 0 Å². The summed E-state index contributed by atoms with van der Waals surface area (Å²) in [6.07, 6.45) is 1.29. The zero-order chi connectivity index (χ0) is 21.8. The van der Waals surface area contributed by atoms with Crippen LogP contribution in [0.5, 0.6) is 0 Å². The molecule has 1 aliphatic rings. The number of carbonyl (C=O) groups excluding carboxylic acids is 2. The Bertz CT molecular complexity index is 1010. The Morgan fingerprint density at radius 2 is 1.61 bits per heavy atom. The second kappa shape index (κ2) is 9.43. The number of benzene rings is 2. The summed E-state index contributed by atoms with van der Waals surface area (Å²) in [5, 5.41) is 1.90. The first-order valence-corrected chi connectivity index (χ1v) is 11.3. The van der Waals surface area contributed by atoms with Crippen LogP contribution in [0.1, 0.15) is 39.7 Å². The maximum Gasteiger partial charge on any atom is 0.263 e. The van der Waals surface area contributed by atoms with E-state index in [1.807, 2.05) is 59.8 Å². The van der Waals surface area contributed by atoms with Gasteiger partial charge in [-0.1, -0.05) is 48.5 Å². The zero-order valence-electron chi connectivity index (χ0n) is 17.4. The number of amides is 2. The molecule has 0 spiro atoms. The van der Waals surface area contributed by atoms with Crippen molar-refractivity contribution in [2.75, 3.05) is 20.1 Å². The number of rotatable bonds is 5. The molecule has 0 saturated carbocycles. The van der Waals surface area contributed by atoms with Crippen LogP contribution in [0.15, 0.2) is 72.1 Å². The van der Waals surface area contributed by atoms with Crippen LogP contribution >= 0.6 is 11.3 Å². The van der Waals surface area contributed by atoms with Gasteiger partial charge in [-0.2, -0.15) is 0 Å². The normalized spacial score (nSPS) is 15.5. The smallest absolute Gasteiger partial charge is 0.263 e. The van der Waals surface area contributed by atoms with Crippen LogP contribution in [0, 0.1) is 11.7 Å². The molecule has 3 aromatic rings. The number of piperidine rings is 1. The van der Waals surface area contributed by atoms with Gasteiger partial charge in [0.15, 0.2) is 0 Å². The molecule has 31 heavy (non-hydrogen) atoms. The van der Waals surface area contributed by atoms with Gasteiger partial charge in [-0.3, -0.25) is 9.59 Å². The SMILES string of the molecule is CN(C(=O)C1CCN(C(=O)c2cccs2)CC1)C(c1ccccc1)c1ccc(F)cc1. The van der Waals surface area contributed by atoms with E-state index in [0.29, 0.717) is 25.9 Å². The highest BCUT2D eigenvalue weighted by molar-refractivity contribution is 7.12. The molecule has 1 atom stereocenters. The third kappa shape index (κ3) is 4.69. The molecule has 2 amide bonds. The van der Waals surface area contributed by atoms with Crippen molar-refractivity contribution >= 4 is 23.2 Å². The van der Waals surface area contributed by atoms with Gasteiger partial charge in [-0.15, -0.1) is 11.3 Å². The fraction of sp³-hybridized carbons (Fsp3) is 0.280. The molecule has 1 unspecified atom stereocenters. The van der Waals surface area contributed by atoms with E-state index in [-0.39, 0.29) is 29.6 Å². The van der Waals surface area contributed by atoms with Crippen LogP contribution in [-0.4, -0.2) is 41.8 Å². The average molecular weight is 437 g/mol. The summed E-state index contributed by atoms with van der Waals surface area (Å²) in [6, 6.07) is 19.5. The van der Waals surface area contributed by atoms with Crippen molar-refractivity contribution in [2.24, 2.45) is 5.92 Å². The Morgan fingerprint density at radius 3 is 2.23 bits per heavy atom. The molecule has 0 N–H and O–H groups in total. The Kier molecular flexibility index (Phi) is 6.47. The molecule has 6 heteroatoms.